The molecule has 9 heteroatoms. The highest BCUT2D eigenvalue weighted by Gasteiger charge is 2.33. The molecule has 0 spiro atoms. The van der Waals surface area contributed by atoms with Gasteiger partial charge in [-0.1, -0.05) is 67.1 Å². The summed E-state index contributed by atoms with van der Waals surface area (Å²) >= 11 is 0. The number of carbonyl (C=O) groups excluding carboxylic acids is 1. The summed E-state index contributed by atoms with van der Waals surface area (Å²) in [7, 11) is 0. The van der Waals surface area contributed by atoms with Gasteiger partial charge in [-0.2, -0.15) is 0 Å². The first-order valence-electron chi connectivity index (χ1n) is 11.3. The van der Waals surface area contributed by atoms with Gasteiger partial charge in [-0.25, -0.2) is 4.79 Å². The largest absolute Gasteiger partial charge is 0.456 e. The summed E-state index contributed by atoms with van der Waals surface area (Å²) in [6, 6.07) is 22.3. The first-order chi connectivity index (χ1) is 16.9. The van der Waals surface area contributed by atoms with Gasteiger partial charge < -0.3 is 9.47 Å². The van der Waals surface area contributed by atoms with Crippen molar-refractivity contribution in [3.05, 3.63) is 116 Å². The highest BCUT2D eigenvalue weighted by atomic mass is 16.6. The van der Waals surface area contributed by atoms with Gasteiger partial charge in [-0.15, -0.1) is 0 Å². The maximum atomic E-state index is 12.9. The van der Waals surface area contributed by atoms with E-state index in [-0.39, 0.29) is 11.7 Å². The molecule has 0 aromatic heterocycles. The van der Waals surface area contributed by atoms with Crippen LogP contribution in [0.15, 0.2) is 78.9 Å². The number of benzene rings is 3. The summed E-state index contributed by atoms with van der Waals surface area (Å²) in [5, 5.41) is 22.4. The van der Waals surface area contributed by atoms with Gasteiger partial charge >= 0.3 is 5.97 Å². The maximum Gasteiger partial charge on any atom is 0.339 e. The third-order valence-corrected chi connectivity index (χ3v) is 5.98. The van der Waals surface area contributed by atoms with E-state index in [1.807, 2.05) is 60.7 Å². The summed E-state index contributed by atoms with van der Waals surface area (Å²) in [5.74, 6) is -0.853. The van der Waals surface area contributed by atoms with Gasteiger partial charge in [0.1, 0.15) is 12.2 Å². The van der Waals surface area contributed by atoms with Gasteiger partial charge in [0.25, 0.3) is 11.4 Å². The van der Waals surface area contributed by atoms with E-state index in [4.69, 9.17) is 9.47 Å². The number of carbonyl (C=O) groups is 1. The van der Waals surface area contributed by atoms with Crippen LogP contribution >= 0.6 is 0 Å². The molecule has 1 saturated carbocycles. The lowest BCUT2D eigenvalue weighted by atomic mass is 9.93. The molecule has 0 N–H and O–H groups in total. The summed E-state index contributed by atoms with van der Waals surface area (Å²) in [5.41, 5.74) is 0.594. The van der Waals surface area contributed by atoms with Gasteiger partial charge in [0.15, 0.2) is 0 Å². The molecule has 9 nitrogen and oxygen atoms in total. The number of rotatable bonds is 8. The number of hydrogen-bond donors (Lipinski definition) is 0. The number of hydrogen-bond acceptors (Lipinski definition) is 7. The monoisotopic (exact) mass is 476 g/mol. The molecule has 0 bridgehead atoms. The third kappa shape index (κ3) is 5.88. The van der Waals surface area contributed by atoms with E-state index < -0.39 is 39.4 Å². The zero-order valence-corrected chi connectivity index (χ0v) is 18.8. The normalized spacial score (nSPS) is 17.6. The van der Waals surface area contributed by atoms with Crippen molar-refractivity contribution in [2.45, 2.75) is 44.0 Å². The van der Waals surface area contributed by atoms with Crippen LogP contribution in [-0.4, -0.2) is 28.0 Å². The number of nitro groups is 2. The van der Waals surface area contributed by atoms with E-state index in [0.29, 0.717) is 12.8 Å². The predicted octanol–water partition coefficient (Wildman–Crippen LogP) is 5.78. The molecule has 1 aliphatic rings. The second-order valence-electron chi connectivity index (χ2n) is 8.36. The zero-order valence-electron chi connectivity index (χ0n) is 18.8. The zero-order chi connectivity index (χ0) is 24.8. The van der Waals surface area contributed by atoms with Crippen molar-refractivity contribution in [3.8, 4) is 0 Å². The van der Waals surface area contributed by atoms with Crippen LogP contribution in [0, 0.1) is 20.2 Å². The first kappa shape index (κ1) is 24.0. The average molecular weight is 476 g/mol. The number of ether oxygens (including phenoxy) is 2. The lowest BCUT2D eigenvalue weighted by Crippen LogP contribution is -2.37. The second-order valence-corrected chi connectivity index (χ2v) is 8.36. The van der Waals surface area contributed by atoms with Crippen molar-refractivity contribution in [3.63, 3.8) is 0 Å². The van der Waals surface area contributed by atoms with Crippen LogP contribution in [-0.2, 0) is 9.47 Å². The number of esters is 1. The fourth-order valence-electron chi connectivity index (χ4n) is 4.26. The second kappa shape index (κ2) is 10.9. The Hall–Kier alpha value is -4.11. The molecule has 3 aromatic rings. The SMILES string of the molecule is O=C(O[C@H]1CCCC[C@H]1OC(c1ccccc1)c1ccccc1)c1cc([N+](=O)[O-])cc([N+](=O)[O-])c1. The van der Waals surface area contributed by atoms with Crippen LogP contribution in [0.3, 0.4) is 0 Å². The Kier molecular flexibility index (Phi) is 7.47. The van der Waals surface area contributed by atoms with Gasteiger partial charge in [0, 0.05) is 12.1 Å². The highest BCUT2D eigenvalue weighted by molar-refractivity contribution is 5.91. The molecule has 0 amide bonds. The topological polar surface area (TPSA) is 122 Å². The maximum absolute atomic E-state index is 12.9. The van der Waals surface area contributed by atoms with Gasteiger partial charge in [-0.3, -0.25) is 20.2 Å². The van der Waals surface area contributed by atoms with E-state index in [1.165, 1.54) is 0 Å². The molecule has 1 fully saturated rings. The molecule has 35 heavy (non-hydrogen) atoms. The molecule has 1 aliphatic carbocycles. The molecule has 0 aliphatic heterocycles. The average Bonchev–Trinajstić information content (AvgIpc) is 2.88. The fraction of sp³-hybridized carbons (Fsp3) is 0.269. The van der Waals surface area contributed by atoms with Gasteiger partial charge in [0.2, 0.25) is 0 Å². The minimum atomic E-state index is -0.853. The molecule has 0 unspecified atom stereocenters. The Morgan fingerprint density at radius 3 is 1.74 bits per heavy atom. The molecular weight excluding hydrogens is 452 g/mol. The van der Waals surface area contributed by atoms with E-state index in [2.05, 4.69) is 0 Å². The van der Waals surface area contributed by atoms with Crippen LogP contribution in [0.25, 0.3) is 0 Å². The smallest absolute Gasteiger partial charge is 0.339 e. The van der Waals surface area contributed by atoms with Crippen molar-refractivity contribution < 1.29 is 24.1 Å². The minimum absolute atomic E-state index is 0.238. The lowest BCUT2D eigenvalue weighted by molar-refractivity contribution is -0.394. The molecule has 2 atom stereocenters. The summed E-state index contributed by atoms with van der Waals surface area (Å²) in [4.78, 5) is 33.7. The molecule has 0 saturated heterocycles. The van der Waals surface area contributed by atoms with E-state index in [1.54, 1.807) is 0 Å². The fourth-order valence-corrected chi connectivity index (χ4v) is 4.26. The van der Waals surface area contributed by atoms with E-state index in [0.717, 1.165) is 42.2 Å². The Morgan fingerprint density at radius 1 is 0.771 bits per heavy atom. The Bertz CT molecular complexity index is 1130. The van der Waals surface area contributed by atoms with Crippen LogP contribution in [0.5, 0.6) is 0 Å². The Labute approximate surface area is 201 Å². The lowest BCUT2D eigenvalue weighted by Gasteiger charge is -2.34. The van der Waals surface area contributed by atoms with Crippen LogP contribution in [0.1, 0.15) is 53.3 Å². The third-order valence-electron chi connectivity index (χ3n) is 5.98. The Morgan fingerprint density at radius 2 is 1.26 bits per heavy atom. The van der Waals surface area contributed by atoms with Gasteiger partial charge in [-0.05, 0) is 30.4 Å². The highest BCUT2D eigenvalue weighted by Crippen LogP contribution is 2.34. The van der Waals surface area contributed by atoms with Crippen molar-refractivity contribution in [1.29, 1.82) is 0 Å². The molecule has 3 aromatic carbocycles. The predicted molar refractivity (Wildman–Crippen MR) is 127 cm³/mol. The molecule has 0 heterocycles. The Balaban J connectivity index is 1.57. The molecule has 4 rings (SSSR count). The van der Waals surface area contributed by atoms with E-state index in [9.17, 15) is 25.0 Å². The van der Waals surface area contributed by atoms with Crippen LogP contribution in [0.2, 0.25) is 0 Å². The van der Waals surface area contributed by atoms with Crippen molar-refractivity contribution in [1.82, 2.24) is 0 Å². The summed E-state index contributed by atoms with van der Waals surface area (Å²) < 4.78 is 12.3. The van der Waals surface area contributed by atoms with Crippen molar-refractivity contribution in [2.75, 3.05) is 0 Å². The van der Waals surface area contributed by atoms with E-state index >= 15 is 0 Å². The van der Waals surface area contributed by atoms with Crippen molar-refractivity contribution in [2.24, 2.45) is 0 Å². The van der Waals surface area contributed by atoms with Crippen molar-refractivity contribution >= 4 is 17.3 Å². The van der Waals surface area contributed by atoms with Crippen LogP contribution < -0.4 is 0 Å². The summed E-state index contributed by atoms with van der Waals surface area (Å²) in [6.07, 6.45) is 1.58. The van der Waals surface area contributed by atoms with Crippen LogP contribution in [0.4, 0.5) is 11.4 Å². The molecule has 180 valence electrons. The number of nitro benzene ring substituents is 2. The molecular formula is C26H24N2O7. The quantitative estimate of drug-likeness (QED) is 0.229. The minimum Gasteiger partial charge on any atom is -0.456 e. The number of nitrogens with zero attached hydrogens (tertiary/aromatic N) is 2. The number of non-ortho nitro benzene ring substituents is 2. The standard InChI is InChI=1S/C26H24N2O7/c29-26(20-15-21(27(30)31)17-22(16-20)28(32)33)35-24-14-8-7-13-23(24)34-25(18-9-3-1-4-10-18)19-11-5-2-6-12-19/h1-6,9-12,15-17,23-25H,7-8,13-14H2/t23-,24+/m1/s1. The molecule has 0 radical (unpaired) electrons. The summed E-state index contributed by atoms with van der Waals surface area (Å²) in [6.45, 7) is 0. The first-order valence-corrected chi connectivity index (χ1v) is 11.3. The van der Waals surface area contributed by atoms with Gasteiger partial charge in [0.05, 0.1) is 27.6 Å².